The zero-order chi connectivity index (χ0) is 19.1. The first-order chi connectivity index (χ1) is 13.0. The lowest BCUT2D eigenvalue weighted by Crippen LogP contribution is -2.39. The Hall–Kier alpha value is -3.22. The van der Waals surface area contributed by atoms with Crippen molar-refractivity contribution < 1.29 is 14.3 Å². The summed E-state index contributed by atoms with van der Waals surface area (Å²) >= 11 is 0. The molecule has 0 radical (unpaired) electrons. The fourth-order valence-corrected chi connectivity index (χ4v) is 3.57. The van der Waals surface area contributed by atoms with Crippen LogP contribution in [0.2, 0.25) is 0 Å². The number of carbonyl (C=O) groups is 2. The molecule has 1 saturated heterocycles. The minimum Gasteiger partial charge on any atom is -0.494 e. The Balaban J connectivity index is 1.65. The number of benzene rings is 2. The monoisotopic (exact) mass is 364 g/mol. The van der Waals surface area contributed by atoms with E-state index in [1.54, 1.807) is 0 Å². The van der Waals surface area contributed by atoms with Gasteiger partial charge in [-0.15, -0.1) is 0 Å². The number of hydrogen-bond donors (Lipinski definition) is 0. The maximum atomic E-state index is 13.1. The van der Waals surface area contributed by atoms with Crippen molar-refractivity contribution >= 4 is 23.2 Å². The Bertz CT molecular complexity index is 918. The van der Waals surface area contributed by atoms with Crippen molar-refractivity contribution in [2.24, 2.45) is 10.3 Å². The van der Waals surface area contributed by atoms with E-state index in [4.69, 9.17) is 4.74 Å². The Morgan fingerprint density at radius 1 is 0.963 bits per heavy atom. The first kappa shape index (κ1) is 17.2. The summed E-state index contributed by atoms with van der Waals surface area (Å²) < 4.78 is 5.44. The fraction of sp³-hybridized carbons (Fsp3) is 0.300. The number of amides is 2. The molecular formula is C20H20N4O3. The topological polar surface area (TPSA) is 74.6 Å². The molecule has 4 rings (SSSR count). The number of fused-ring (bicyclic) bond motifs is 1. The van der Waals surface area contributed by atoms with Gasteiger partial charge >= 0.3 is 0 Å². The summed E-state index contributed by atoms with van der Waals surface area (Å²) in [5.74, 6) is 0.0840. The number of rotatable bonds is 4. The second kappa shape index (κ2) is 6.50. The normalized spacial score (nSPS) is 21.1. The van der Waals surface area contributed by atoms with E-state index in [1.807, 2.05) is 63.2 Å². The highest BCUT2D eigenvalue weighted by molar-refractivity contribution is 6.26. The quantitative estimate of drug-likeness (QED) is 0.781. The molecule has 0 saturated carbocycles. The highest BCUT2D eigenvalue weighted by atomic mass is 16.5. The van der Waals surface area contributed by atoms with Crippen LogP contribution in [0.1, 0.15) is 18.1 Å². The average molecular weight is 364 g/mol. The molecule has 0 aromatic heterocycles. The van der Waals surface area contributed by atoms with Gasteiger partial charge in [-0.3, -0.25) is 9.59 Å². The van der Waals surface area contributed by atoms with Gasteiger partial charge in [0.15, 0.2) is 12.1 Å². The summed E-state index contributed by atoms with van der Waals surface area (Å²) in [6, 6.07) is 11.3. The van der Waals surface area contributed by atoms with E-state index < -0.39 is 12.1 Å². The number of aryl methyl sites for hydroxylation is 2. The Morgan fingerprint density at radius 2 is 1.63 bits per heavy atom. The molecule has 0 N–H and O–H groups in total. The predicted molar refractivity (Wildman–Crippen MR) is 101 cm³/mol. The molecule has 0 bridgehead atoms. The summed E-state index contributed by atoms with van der Waals surface area (Å²) in [5, 5.41) is 9.67. The SMILES string of the molecule is CCOc1ccc(N2N=N[C@H]3C(=O)N(c4cc(C)cc(C)c4)C(=O)[C@H]32)cc1. The van der Waals surface area contributed by atoms with Crippen LogP contribution < -0.4 is 14.6 Å². The highest BCUT2D eigenvalue weighted by Crippen LogP contribution is 2.35. The van der Waals surface area contributed by atoms with Crippen LogP contribution in [0.4, 0.5) is 11.4 Å². The minimum atomic E-state index is -0.815. The van der Waals surface area contributed by atoms with Crippen molar-refractivity contribution in [3.8, 4) is 5.75 Å². The van der Waals surface area contributed by atoms with Gasteiger partial charge in [0, 0.05) is 0 Å². The number of nitrogens with zero attached hydrogens (tertiary/aromatic N) is 4. The van der Waals surface area contributed by atoms with Crippen LogP contribution in [0.5, 0.6) is 5.75 Å². The van der Waals surface area contributed by atoms with E-state index in [2.05, 4.69) is 10.3 Å². The van der Waals surface area contributed by atoms with Crippen LogP contribution in [-0.2, 0) is 9.59 Å². The molecule has 2 amide bonds. The Morgan fingerprint density at radius 3 is 2.26 bits per heavy atom. The molecule has 2 heterocycles. The van der Waals surface area contributed by atoms with Crippen molar-refractivity contribution in [1.82, 2.24) is 0 Å². The molecule has 7 heteroatoms. The van der Waals surface area contributed by atoms with E-state index in [0.29, 0.717) is 18.0 Å². The van der Waals surface area contributed by atoms with Crippen LogP contribution >= 0.6 is 0 Å². The van der Waals surface area contributed by atoms with Crippen molar-refractivity contribution in [2.75, 3.05) is 16.5 Å². The second-order valence-electron chi connectivity index (χ2n) is 6.72. The van der Waals surface area contributed by atoms with Crippen LogP contribution in [0.15, 0.2) is 52.8 Å². The van der Waals surface area contributed by atoms with Gasteiger partial charge in [0.05, 0.1) is 18.0 Å². The van der Waals surface area contributed by atoms with Crippen LogP contribution in [0.25, 0.3) is 0 Å². The van der Waals surface area contributed by atoms with Crippen molar-refractivity contribution in [3.05, 3.63) is 53.6 Å². The van der Waals surface area contributed by atoms with E-state index >= 15 is 0 Å². The predicted octanol–water partition coefficient (Wildman–Crippen LogP) is 3.20. The minimum absolute atomic E-state index is 0.311. The van der Waals surface area contributed by atoms with Gasteiger partial charge in [0.25, 0.3) is 11.8 Å². The maximum absolute atomic E-state index is 13.1. The van der Waals surface area contributed by atoms with Crippen LogP contribution in [0, 0.1) is 13.8 Å². The summed E-state index contributed by atoms with van der Waals surface area (Å²) in [5.41, 5.74) is 3.26. The second-order valence-corrected chi connectivity index (χ2v) is 6.72. The molecule has 2 aliphatic heterocycles. The standard InChI is InChI=1S/C20H20N4O3/c1-4-27-16-7-5-14(6-8-16)24-18-17(21-22-24)19(25)23(20(18)26)15-10-12(2)9-13(3)11-15/h5-11,17-18H,4H2,1-3H3/t17-,18+/m1/s1. The summed E-state index contributed by atoms with van der Waals surface area (Å²) in [4.78, 5) is 27.2. The van der Waals surface area contributed by atoms with Crippen molar-refractivity contribution in [1.29, 1.82) is 0 Å². The summed E-state index contributed by atoms with van der Waals surface area (Å²) in [7, 11) is 0. The Labute approximate surface area is 157 Å². The largest absolute Gasteiger partial charge is 0.494 e. The third-order valence-corrected chi connectivity index (χ3v) is 4.66. The van der Waals surface area contributed by atoms with Crippen molar-refractivity contribution in [2.45, 2.75) is 32.9 Å². The third-order valence-electron chi connectivity index (χ3n) is 4.66. The van der Waals surface area contributed by atoms with Gasteiger partial charge in [-0.05, 0) is 68.3 Å². The number of ether oxygens (including phenoxy) is 1. The smallest absolute Gasteiger partial charge is 0.263 e. The molecule has 0 aliphatic carbocycles. The molecule has 1 fully saturated rings. The lowest BCUT2D eigenvalue weighted by molar-refractivity contribution is -0.121. The molecule has 0 spiro atoms. The number of hydrogen-bond acceptors (Lipinski definition) is 6. The fourth-order valence-electron chi connectivity index (χ4n) is 3.57. The maximum Gasteiger partial charge on any atom is 0.263 e. The number of imide groups is 1. The molecule has 0 unspecified atom stereocenters. The summed E-state index contributed by atoms with van der Waals surface area (Å²) in [6.07, 6.45) is 0. The average Bonchev–Trinajstić information content (AvgIpc) is 3.16. The summed E-state index contributed by atoms with van der Waals surface area (Å²) in [6.45, 7) is 6.37. The van der Waals surface area contributed by atoms with Gasteiger partial charge in [-0.25, -0.2) is 9.91 Å². The molecule has 2 atom stereocenters. The van der Waals surface area contributed by atoms with E-state index in [-0.39, 0.29) is 11.8 Å². The molecule has 7 nitrogen and oxygen atoms in total. The van der Waals surface area contributed by atoms with E-state index in [9.17, 15) is 9.59 Å². The van der Waals surface area contributed by atoms with Gasteiger partial charge < -0.3 is 4.74 Å². The molecule has 2 aliphatic rings. The van der Waals surface area contributed by atoms with Gasteiger partial charge in [-0.2, -0.15) is 5.11 Å². The molecule has 27 heavy (non-hydrogen) atoms. The first-order valence-corrected chi connectivity index (χ1v) is 8.88. The van der Waals surface area contributed by atoms with Gasteiger partial charge in [-0.1, -0.05) is 11.3 Å². The lowest BCUT2D eigenvalue weighted by Gasteiger charge is -2.21. The Kier molecular flexibility index (Phi) is 4.14. The van der Waals surface area contributed by atoms with E-state index in [0.717, 1.165) is 16.9 Å². The van der Waals surface area contributed by atoms with Crippen LogP contribution in [-0.4, -0.2) is 30.5 Å². The molecular weight excluding hydrogens is 344 g/mol. The molecule has 138 valence electrons. The zero-order valence-electron chi connectivity index (χ0n) is 15.4. The molecule has 2 aromatic rings. The van der Waals surface area contributed by atoms with E-state index in [1.165, 1.54) is 9.91 Å². The van der Waals surface area contributed by atoms with Crippen molar-refractivity contribution in [3.63, 3.8) is 0 Å². The van der Waals surface area contributed by atoms with Gasteiger partial charge in [0.1, 0.15) is 5.75 Å². The van der Waals surface area contributed by atoms with Crippen LogP contribution in [0.3, 0.4) is 0 Å². The number of carbonyl (C=O) groups excluding carboxylic acids is 2. The first-order valence-electron chi connectivity index (χ1n) is 8.88. The van der Waals surface area contributed by atoms with Gasteiger partial charge in [0.2, 0.25) is 0 Å². The third kappa shape index (κ3) is 2.85. The lowest BCUT2D eigenvalue weighted by atomic mass is 10.1. The zero-order valence-corrected chi connectivity index (χ0v) is 15.4. The molecule has 2 aromatic carbocycles. The highest BCUT2D eigenvalue weighted by Gasteiger charge is 2.55. The number of anilines is 2.